The molecule has 23 heavy (non-hydrogen) atoms. The number of likely N-dealkylation sites (tertiary alicyclic amines) is 1. The van der Waals surface area contributed by atoms with E-state index in [1.807, 2.05) is 11.4 Å². The third kappa shape index (κ3) is 4.19. The smallest absolute Gasteiger partial charge is 0.326 e. The summed E-state index contributed by atoms with van der Waals surface area (Å²) in [6.07, 6.45) is 4.99. The molecule has 0 N–H and O–H groups in total. The van der Waals surface area contributed by atoms with E-state index >= 15 is 0 Å². The molecule has 7 heteroatoms. The molecule has 0 radical (unpaired) electrons. The van der Waals surface area contributed by atoms with Gasteiger partial charge in [0.25, 0.3) is 0 Å². The molecule has 122 valence electrons. The van der Waals surface area contributed by atoms with Crippen LogP contribution in [-0.2, 0) is 20.9 Å². The van der Waals surface area contributed by atoms with Crippen molar-refractivity contribution in [3.05, 3.63) is 29.5 Å². The zero-order chi connectivity index (χ0) is 16.1. The highest BCUT2D eigenvalue weighted by molar-refractivity contribution is 7.13. The largest absolute Gasteiger partial charge is 0.462 e. The molecule has 0 spiro atoms. The highest BCUT2D eigenvalue weighted by Crippen LogP contribution is 2.24. The molecule has 2 aromatic rings. The lowest BCUT2D eigenvalue weighted by Crippen LogP contribution is -2.35. The van der Waals surface area contributed by atoms with Crippen molar-refractivity contribution in [2.24, 2.45) is 0 Å². The fourth-order valence-corrected chi connectivity index (χ4v) is 3.22. The fourth-order valence-electron chi connectivity index (χ4n) is 2.45. The van der Waals surface area contributed by atoms with E-state index in [1.165, 1.54) is 11.3 Å². The van der Waals surface area contributed by atoms with Crippen molar-refractivity contribution < 1.29 is 18.7 Å². The summed E-state index contributed by atoms with van der Waals surface area (Å²) in [5.74, 6) is 0.337. The van der Waals surface area contributed by atoms with Crippen molar-refractivity contribution in [3.63, 3.8) is 0 Å². The zero-order valence-electron chi connectivity index (χ0n) is 12.7. The number of esters is 1. The Morgan fingerprint density at radius 3 is 3.13 bits per heavy atom. The Kier molecular flexibility index (Phi) is 5.07. The normalized spacial score (nSPS) is 15.5. The highest BCUT2D eigenvalue weighted by atomic mass is 32.1. The number of carbonyl (C=O) groups is 2. The molecule has 3 heterocycles. The lowest BCUT2D eigenvalue weighted by molar-refractivity contribution is -0.150. The van der Waals surface area contributed by atoms with Crippen molar-refractivity contribution in [1.29, 1.82) is 0 Å². The number of thiazole rings is 1. The molecule has 1 fully saturated rings. The van der Waals surface area contributed by atoms with E-state index in [0.717, 1.165) is 24.3 Å². The number of furan rings is 1. The summed E-state index contributed by atoms with van der Waals surface area (Å²) >= 11 is 1.44. The molecule has 1 aliphatic rings. The maximum atomic E-state index is 11.9. The molecular formula is C16H18N2O4S. The van der Waals surface area contributed by atoms with E-state index in [0.29, 0.717) is 24.4 Å². The van der Waals surface area contributed by atoms with Crippen LogP contribution >= 0.6 is 11.3 Å². The van der Waals surface area contributed by atoms with E-state index in [-0.39, 0.29) is 19.1 Å². The second kappa shape index (κ2) is 7.41. The first-order valence-electron chi connectivity index (χ1n) is 7.64. The molecule has 0 unspecified atom stereocenters. The van der Waals surface area contributed by atoms with Crippen LogP contribution in [0.25, 0.3) is 10.8 Å². The number of rotatable bonds is 5. The van der Waals surface area contributed by atoms with Gasteiger partial charge < -0.3 is 14.1 Å². The minimum atomic E-state index is -0.396. The number of ether oxygens (including phenoxy) is 1. The fraction of sp³-hybridized carbons (Fsp3) is 0.438. The van der Waals surface area contributed by atoms with Crippen molar-refractivity contribution >= 4 is 23.2 Å². The predicted molar refractivity (Wildman–Crippen MR) is 84.7 cm³/mol. The summed E-state index contributed by atoms with van der Waals surface area (Å²) in [5.41, 5.74) is 0.678. The molecule has 1 aliphatic heterocycles. The first-order valence-corrected chi connectivity index (χ1v) is 8.52. The molecule has 0 aromatic carbocycles. The van der Waals surface area contributed by atoms with Crippen LogP contribution in [0.3, 0.4) is 0 Å². The maximum Gasteiger partial charge on any atom is 0.326 e. The van der Waals surface area contributed by atoms with Gasteiger partial charge in [0.2, 0.25) is 5.91 Å². The summed E-state index contributed by atoms with van der Waals surface area (Å²) in [6, 6.07) is 3.63. The first-order chi connectivity index (χ1) is 11.2. The number of nitrogens with zero attached hydrogens (tertiary/aromatic N) is 2. The second-order valence-corrected chi connectivity index (χ2v) is 6.27. The summed E-state index contributed by atoms with van der Waals surface area (Å²) in [7, 11) is 0. The predicted octanol–water partition coefficient (Wildman–Crippen LogP) is 2.85. The number of hydrogen-bond acceptors (Lipinski definition) is 6. The van der Waals surface area contributed by atoms with E-state index < -0.39 is 5.97 Å². The van der Waals surface area contributed by atoms with Gasteiger partial charge in [-0.05, 0) is 25.0 Å². The number of aromatic nitrogens is 1. The number of amides is 1. The van der Waals surface area contributed by atoms with Gasteiger partial charge in [-0.15, -0.1) is 11.3 Å². The average Bonchev–Trinajstić information content (AvgIpc) is 3.18. The SMILES string of the molecule is O=C(CN1CCCCCC1=O)OCc1csc(-c2ccco2)n1. The molecule has 3 rings (SSSR count). The molecule has 6 nitrogen and oxygen atoms in total. The molecular weight excluding hydrogens is 316 g/mol. The maximum absolute atomic E-state index is 11.9. The van der Waals surface area contributed by atoms with Gasteiger partial charge in [-0.3, -0.25) is 9.59 Å². The number of hydrogen-bond donors (Lipinski definition) is 0. The van der Waals surface area contributed by atoms with Gasteiger partial charge in [0, 0.05) is 18.3 Å². The molecule has 0 aliphatic carbocycles. The molecule has 0 bridgehead atoms. The van der Waals surface area contributed by atoms with Gasteiger partial charge in [0.15, 0.2) is 10.8 Å². The lowest BCUT2D eigenvalue weighted by Gasteiger charge is -2.19. The van der Waals surface area contributed by atoms with Crippen LogP contribution in [0.2, 0.25) is 0 Å². The van der Waals surface area contributed by atoms with E-state index in [2.05, 4.69) is 4.98 Å². The molecule has 0 atom stereocenters. The third-order valence-corrected chi connectivity index (χ3v) is 4.56. The van der Waals surface area contributed by atoms with Crippen LogP contribution < -0.4 is 0 Å². The Labute approximate surface area is 138 Å². The van der Waals surface area contributed by atoms with Crippen molar-refractivity contribution in [2.75, 3.05) is 13.1 Å². The standard InChI is InChI=1S/C16H18N2O4S/c19-14-6-2-1-3-7-18(14)9-15(20)22-10-12-11-23-16(17-12)13-5-4-8-21-13/h4-5,8,11H,1-3,6-7,9-10H2. The van der Waals surface area contributed by atoms with Crippen LogP contribution in [0.4, 0.5) is 0 Å². The second-order valence-electron chi connectivity index (χ2n) is 5.41. The Morgan fingerprint density at radius 2 is 2.30 bits per heavy atom. The van der Waals surface area contributed by atoms with Crippen LogP contribution in [0.5, 0.6) is 0 Å². The summed E-state index contributed by atoms with van der Waals surface area (Å²) in [4.78, 5) is 29.7. The van der Waals surface area contributed by atoms with E-state index in [9.17, 15) is 9.59 Å². The molecule has 2 aromatic heterocycles. The Bertz CT molecular complexity index is 665. The van der Waals surface area contributed by atoms with E-state index in [4.69, 9.17) is 9.15 Å². The minimum Gasteiger partial charge on any atom is -0.462 e. The van der Waals surface area contributed by atoms with Crippen molar-refractivity contribution in [2.45, 2.75) is 32.3 Å². The number of carbonyl (C=O) groups excluding carboxylic acids is 2. The third-order valence-electron chi connectivity index (χ3n) is 3.66. The van der Waals surface area contributed by atoms with Crippen molar-refractivity contribution in [1.82, 2.24) is 9.88 Å². The summed E-state index contributed by atoms with van der Waals surface area (Å²) in [6.45, 7) is 0.763. The van der Waals surface area contributed by atoms with Crippen LogP contribution in [0.1, 0.15) is 31.4 Å². The quantitative estimate of drug-likeness (QED) is 0.786. The van der Waals surface area contributed by atoms with Gasteiger partial charge in [0.05, 0.1) is 12.0 Å². The Hall–Kier alpha value is -2.15. The van der Waals surface area contributed by atoms with Crippen LogP contribution in [0, 0.1) is 0 Å². The summed E-state index contributed by atoms with van der Waals surface area (Å²) in [5, 5.41) is 2.59. The first kappa shape index (κ1) is 15.7. The monoisotopic (exact) mass is 334 g/mol. The Morgan fingerprint density at radius 1 is 1.39 bits per heavy atom. The molecule has 0 saturated carbocycles. The van der Waals surface area contributed by atoms with Crippen molar-refractivity contribution in [3.8, 4) is 10.8 Å². The van der Waals surface area contributed by atoms with Crippen LogP contribution in [-0.4, -0.2) is 34.8 Å². The van der Waals surface area contributed by atoms with Gasteiger partial charge in [-0.25, -0.2) is 4.98 Å². The van der Waals surface area contributed by atoms with E-state index in [1.54, 1.807) is 17.2 Å². The minimum absolute atomic E-state index is 0.0218. The van der Waals surface area contributed by atoms with Crippen LogP contribution in [0.15, 0.2) is 28.2 Å². The van der Waals surface area contributed by atoms with Gasteiger partial charge in [-0.2, -0.15) is 0 Å². The van der Waals surface area contributed by atoms with Gasteiger partial charge >= 0.3 is 5.97 Å². The van der Waals surface area contributed by atoms with Gasteiger partial charge in [-0.1, -0.05) is 6.42 Å². The Balaban J connectivity index is 1.50. The molecule has 1 amide bonds. The average molecular weight is 334 g/mol. The van der Waals surface area contributed by atoms with Gasteiger partial charge in [0.1, 0.15) is 13.2 Å². The summed E-state index contributed by atoms with van der Waals surface area (Å²) < 4.78 is 10.5. The zero-order valence-corrected chi connectivity index (χ0v) is 13.5. The lowest BCUT2D eigenvalue weighted by atomic mass is 10.2. The highest BCUT2D eigenvalue weighted by Gasteiger charge is 2.20. The molecule has 1 saturated heterocycles. The topological polar surface area (TPSA) is 72.6 Å².